The lowest BCUT2D eigenvalue weighted by atomic mass is 10.1. The van der Waals surface area contributed by atoms with Gasteiger partial charge in [-0.3, -0.25) is 4.79 Å². The smallest absolute Gasteiger partial charge is 0.392 e. The van der Waals surface area contributed by atoms with Gasteiger partial charge in [0.05, 0.1) is 17.7 Å². The number of hydrogen-bond donors (Lipinski definition) is 3. The van der Waals surface area contributed by atoms with Gasteiger partial charge in [0.2, 0.25) is 5.91 Å². The molecule has 0 radical (unpaired) electrons. The summed E-state index contributed by atoms with van der Waals surface area (Å²) in [5, 5.41) is 14.6. The van der Waals surface area contributed by atoms with Crippen molar-refractivity contribution < 1.29 is 23.1 Å². The van der Waals surface area contributed by atoms with Gasteiger partial charge in [-0.2, -0.15) is 13.2 Å². The molecule has 21 heavy (non-hydrogen) atoms. The summed E-state index contributed by atoms with van der Waals surface area (Å²) in [6.45, 7) is 1.62. The van der Waals surface area contributed by atoms with Crippen molar-refractivity contribution in [1.29, 1.82) is 0 Å². The van der Waals surface area contributed by atoms with Crippen LogP contribution < -0.4 is 10.6 Å². The fourth-order valence-electron chi connectivity index (χ4n) is 2.21. The average Bonchev–Trinajstić information content (AvgIpc) is 2.77. The topological polar surface area (TPSA) is 61.4 Å². The molecular formula is C13H16ClF3N2O2. The zero-order valence-electron chi connectivity index (χ0n) is 11.2. The molecule has 1 aliphatic rings. The summed E-state index contributed by atoms with van der Waals surface area (Å²) in [6.07, 6.45) is -4.80. The van der Waals surface area contributed by atoms with Crippen LogP contribution in [0.2, 0.25) is 0 Å². The van der Waals surface area contributed by atoms with Crippen LogP contribution >= 0.6 is 12.4 Å². The van der Waals surface area contributed by atoms with Gasteiger partial charge in [-0.25, -0.2) is 0 Å². The summed E-state index contributed by atoms with van der Waals surface area (Å²) in [7, 11) is 0. The van der Waals surface area contributed by atoms with Gasteiger partial charge >= 0.3 is 6.18 Å². The Balaban J connectivity index is 0.00000220. The highest BCUT2D eigenvalue weighted by Crippen LogP contribution is 2.34. The maximum Gasteiger partial charge on any atom is 0.416 e. The first-order valence-electron chi connectivity index (χ1n) is 6.18. The molecular weight excluding hydrogens is 309 g/mol. The molecule has 4 nitrogen and oxygen atoms in total. The molecule has 2 rings (SSSR count). The SMILES string of the molecule is Cc1c(NC(=O)C2CC(O)CN2)cccc1C(F)(F)F.Cl. The Bertz CT molecular complexity index is 523. The van der Waals surface area contributed by atoms with Crippen LogP contribution in [0.25, 0.3) is 0 Å². The van der Waals surface area contributed by atoms with Gasteiger partial charge in [0, 0.05) is 12.2 Å². The quantitative estimate of drug-likeness (QED) is 0.781. The number of β-amino-alcohol motifs (C(OH)–C–C–N with tert-alkyl or cyclic N) is 1. The first-order chi connectivity index (χ1) is 9.29. The number of aliphatic hydroxyl groups excluding tert-OH is 1. The summed E-state index contributed by atoms with van der Waals surface area (Å²) in [4.78, 5) is 11.9. The second kappa shape index (κ2) is 6.64. The fourth-order valence-corrected chi connectivity index (χ4v) is 2.21. The lowest BCUT2D eigenvalue weighted by Crippen LogP contribution is -2.35. The number of halogens is 4. The molecule has 2 atom stereocenters. The number of amides is 1. The minimum absolute atomic E-state index is 0. The minimum atomic E-state index is -4.45. The first kappa shape index (κ1) is 17.7. The Morgan fingerprint density at radius 2 is 2.10 bits per heavy atom. The van der Waals surface area contributed by atoms with Crippen LogP contribution in [0, 0.1) is 6.92 Å². The van der Waals surface area contributed by atoms with E-state index in [1.165, 1.54) is 19.1 Å². The molecule has 1 aliphatic heterocycles. The van der Waals surface area contributed by atoms with E-state index in [-0.39, 0.29) is 30.1 Å². The highest BCUT2D eigenvalue weighted by Gasteiger charge is 2.33. The number of carbonyl (C=O) groups excluding carboxylic acids is 1. The fraction of sp³-hybridized carbons (Fsp3) is 0.462. The van der Waals surface area contributed by atoms with Crippen LogP contribution in [0.3, 0.4) is 0 Å². The van der Waals surface area contributed by atoms with Crippen molar-refractivity contribution in [2.24, 2.45) is 0 Å². The average molecular weight is 325 g/mol. The third-order valence-electron chi connectivity index (χ3n) is 3.32. The molecule has 0 spiro atoms. The second-order valence-electron chi connectivity index (χ2n) is 4.82. The largest absolute Gasteiger partial charge is 0.416 e. The Kier molecular flexibility index (Phi) is 5.61. The summed E-state index contributed by atoms with van der Waals surface area (Å²) < 4.78 is 38.3. The number of nitrogens with one attached hydrogen (secondary N) is 2. The molecule has 1 aromatic carbocycles. The van der Waals surface area contributed by atoms with E-state index in [0.29, 0.717) is 6.54 Å². The zero-order chi connectivity index (χ0) is 14.9. The van der Waals surface area contributed by atoms with E-state index in [1.54, 1.807) is 0 Å². The zero-order valence-corrected chi connectivity index (χ0v) is 12.0. The van der Waals surface area contributed by atoms with Crippen molar-refractivity contribution in [3.63, 3.8) is 0 Å². The molecule has 0 aliphatic carbocycles. The van der Waals surface area contributed by atoms with Crippen LogP contribution in [0.1, 0.15) is 17.5 Å². The number of hydrogen-bond acceptors (Lipinski definition) is 3. The van der Waals surface area contributed by atoms with Crippen LogP contribution in [0.4, 0.5) is 18.9 Å². The number of anilines is 1. The van der Waals surface area contributed by atoms with Crippen molar-refractivity contribution in [2.45, 2.75) is 31.7 Å². The molecule has 3 N–H and O–H groups in total. The number of alkyl halides is 3. The number of aliphatic hydroxyl groups is 1. The Labute approximate surface area is 126 Å². The molecule has 0 saturated carbocycles. The molecule has 2 unspecified atom stereocenters. The number of benzene rings is 1. The van der Waals surface area contributed by atoms with E-state index >= 15 is 0 Å². The lowest BCUT2D eigenvalue weighted by molar-refractivity contribution is -0.138. The van der Waals surface area contributed by atoms with Crippen LogP contribution in [-0.2, 0) is 11.0 Å². The normalized spacial score (nSPS) is 21.8. The van der Waals surface area contributed by atoms with Crippen molar-refractivity contribution in [1.82, 2.24) is 5.32 Å². The highest BCUT2D eigenvalue weighted by molar-refractivity contribution is 5.95. The summed E-state index contributed by atoms with van der Waals surface area (Å²) >= 11 is 0. The van der Waals surface area contributed by atoms with E-state index in [0.717, 1.165) is 6.07 Å². The van der Waals surface area contributed by atoms with Gasteiger partial charge < -0.3 is 15.7 Å². The maximum absolute atomic E-state index is 12.8. The molecule has 1 amide bonds. The molecule has 118 valence electrons. The molecule has 1 saturated heterocycles. The number of rotatable bonds is 2. The van der Waals surface area contributed by atoms with Gasteiger partial charge in [-0.05, 0) is 31.0 Å². The van der Waals surface area contributed by atoms with E-state index in [2.05, 4.69) is 10.6 Å². The Morgan fingerprint density at radius 3 is 2.62 bits per heavy atom. The van der Waals surface area contributed by atoms with E-state index in [9.17, 15) is 23.1 Å². The predicted molar refractivity (Wildman–Crippen MR) is 74.5 cm³/mol. The van der Waals surface area contributed by atoms with Gasteiger partial charge in [0.1, 0.15) is 0 Å². The lowest BCUT2D eigenvalue weighted by Gasteiger charge is -2.16. The van der Waals surface area contributed by atoms with Crippen molar-refractivity contribution in [2.75, 3.05) is 11.9 Å². The molecule has 8 heteroatoms. The van der Waals surface area contributed by atoms with E-state index in [1.807, 2.05) is 0 Å². The minimum Gasteiger partial charge on any atom is -0.392 e. The van der Waals surface area contributed by atoms with Crippen molar-refractivity contribution >= 4 is 24.0 Å². The van der Waals surface area contributed by atoms with Gasteiger partial charge in [-0.15, -0.1) is 12.4 Å². The predicted octanol–water partition coefficient (Wildman–Crippen LogP) is 2.10. The third kappa shape index (κ3) is 4.09. The van der Waals surface area contributed by atoms with Gasteiger partial charge in [0.25, 0.3) is 0 Å². The molecule has 0 bridgehead atoms. The highest BCUT2D eigenvalue weighted by atomic mass is 35.5. The summed E-state index contributed by atoms with van der Waals surface area (Å²) in [5.74, 6) is -0.441. The van der Waals surface area contributed by atoms with Gasteiger partial charge in [0.15, 0.2) is 0 Å². The van der Waals surface area contributed by atoms with Crippen molar-refractivity contribution in [3.8, 4) is 0 Å². The summed E-state index contributed by atoms with van der Waals surface area (Å²) in [5.41, 5.74) is -0.658. The molecule has 1 aromatic rings. The maximum atomic E-state index is 12.8. The van der Waals surface area contributed by atoms with Crippen LogP contribution in [0.15, 0.2) is 18.2 Å². The van der Waals surface area contributed by atoms with E-state index in [4.69, 9.17) is 0 Å². The van der Waals surface area contributed by atoms with Crippen LogP contribution in [0.5, 0.6) is 0 Å². The monoisotopic (exact) mass is 324 g/mol. The van der Waals surface area contributed by atoms with Crippen molar-refractivity contribution in [3.05, 3.63) is 29.3 Å². The standard InChI is InChI=1S/C13H15F3N2O2.ClH/c1-7-9(13(14,15)16)3-2-4-10(7)18-12(20)11-5-8(19)6-17-11;/h2-4,8,11,17,19H,5-6H2,1H3,(H,18,20);1H. The Morgan fingerprint density at radius 1 is 1.43 bits per heavy atom. The molecule has 1 heterocycles. The summed E-state index contributed by atoms with van der Waals surface area (Å²) in [6, 6.07) is 3.07. The van der Waals surface area contributed by atoms with E-state index < -0.39 is 29.8 Å². The number of carbonyl (C=O) groups is 1. The molecule has 1 fully saturated rings. The third-order valence-corrected chi connectivity index (χ3v) is 3.32. The van der Waals surface area contributed by atoms with Crippen LogP contribution in [-0.4, -0.2) is 29.7 Å². The first-order valence-corrected chi connectivity index (χ1v) is 6.18. The second-order valence-corrected chi connectivity index (χ2v) is 4.82. The Hall–Kier alpha value is -1.31. The van der Waals surface area contributed by atoms with Gasteiger partial charge in [-0.1, -0.05) is 6.07 Å². The molecule has 0 aromatic heterocycles.